The van der Waals surface area contributed by atoms with E-state index in [1.165, 1.54) is 0 Å². The predicted molar refractivity (Wildman–Crippen MR) is 134 cm³/mol. The average Bonchev–Trinajstić information content (AvgIpc) is 2.88. The van der Waals surface area contributed by atoms with E-state index >= 15 is 0 Å². The highest BCUT2D eigenvalue weighted by atomic mass is 16.6. The van der Waals surface area contributed by atoms with Gasteiger partial charge in [0.2, 0.25) is 0 Å². The fourth-order valence-electron chi connectivity index (χ4n) is 4.37. The van der Waals surface area contributed by atoms with Gasteiger partial charge >= 0.3 is 0 Å². The molecular weight excluding hydrogens is 424 g/mol. The van der Waals surface area contributed by atoms with E-state index in [4.69, 9.17) is 18.9 Å². The third kappa shape index (κ3) is 6.64. The van der Waals surface area contributed by atoms with E-state index < -0.39 is 0 Å². The summed E-state index contributed by atoms with van der Waals surface area (Å²) in [6.07, 6.45) is 1.40. The molecule has 1 fully saturated rings. The minimum absolute atomic E-state index is 0.147. The fourth-order valence-corrected chi connectivity index (χ4v) is 4.37. The zero-order valence-electron chi connectivity index (χ0n) is 19.8. The quantitative estimate of drug-likeness (QED) is 0.325. The SMILES string of the molecule is C=CC[C@@H]1O[C@@H](C)C(OCc2ccccc2)[C@@H](OCc2ccccc2)[C@@H]1OCc1ccccc1. The highest BCUT2D eigenvalue weighted by Gasteiger charge is 2.46. The van der Waals surface area contributed by atoms with Crippen molar-refractivity contribution in [3.63, 3.8) is 0 Å². The third-order valence-electron chi connectivity index (χ3n) is 6.12. The number of ether oxygens (including phenoxy) is 4. The van der Waals surface area contributed by atoms with Gasteiger partial charge in [0.1, 0.15) is 18.3 Å². The van der Waals surface area contributed by atoms with Crippen LogP contribution in [0, 0.1) is 0 Å². The molecule has 1 aliphatic heterocycles. The van der Waals surface area contributed by atoms with Crippen LogP contribution < -0.4 is 0 Å². The molecule has 34 heavy (non-hydrogen) atoms. The van der Waals surface area contributed by atoms with E-state index in [0.717, 1.165) is 16.7 Å². The van der Waals surface area contributed by atoms with Crippen LogP contribution in [0.1, 0.15) is 30.0 Å². The minimum Gasteiger partial charge on any atom is -0.369 e. The second kappa shape index (κ2) is 12.6. The van der Waals surface area contributed by atoms with E-state index in [-0.39, 0.29) is 30.5 Å². The van der Waals surface area contributed by atoms with Gasteiger partial charge in [0.05, 0.1) is 32.0 Å². The van der Waals surface area contributed by atoms with Gasteiger partial charge in [-0.05, 0) is 30.0 Å². The standard InChI is InChI=1S/C30H34O4/c1-3-13-27-29(32-21-25-16-9-5-10-17-25)30(33-22-26-18-11-6-12-19-26)28(23(2)34-27)31-20-24-14-7-4-8-15-24/h3-12,14-19,23,27-30H,1,13,20-22H2,2H3/t23-,27-,28?,29+,30+/m0/s1. The zero-order valence-corrected chi connectivity index (χ0v) is 19.8. The second-order valence-corrected chi connectivity index (χ2v) is 8.69. The Balaban J connectivity index is 1.55. The third-order valence-corrected chi connectivity index (χ3v) is 6.12. The van der Waals surface area contributed by atoms with Gasteiger partial charge in [0.25, 0.3) is 0 Å². The maximum absolute atomic E-state index is 6.55. The summed E-state index contributed by atoms with van der Waals surface area (Å²) < 4.78 is 25.9. The maximum atomic E-state index is 6.55. The summed E-state index contributed by atoms with van der Waals surface area (Å²) in [6.45, 7) is 7.44. The summed E-state index contributed by atoms with van der Waals surface area (Å²) in [7, 11) is 0. The van der Waals surface area contributed by atoms with E-state index in [9.17, 15) is 0 Å². The highest BCUT2D eigenvalue weighted by molar-refractivity contribution is 5.15. The number of hydrogen-bond donors (Lipinski definition) is 0. The Morgan fingerprint density at radius 3 is 1.50 bits per heavy atom. The van der Waals surface area contributed by atoms with Crippen molar-refractivity contribution in [3.8, 4) is 0 Å². The van der Waals surface area contributed by atoms with Crippen molar-refractivity contribution in [2.75, 3.05) is 0 Å². The van der Waals surface area contributed by atoms with Crippen molar-refractivity contribution in [2.24, 2.45) is 0 Å². The van der Waals surface area contributed by atoms with E-state index in [2.05, 4.69) is 49.9 Å². The first kappa shape index (κ1) is 24.4. The van der Waals surface area contributed by atoms with Crippen molar-refractivity contribution in [2.45, 2.75) is 63.7 Å². The van der Waals surface area contributed by atoms with Gasteiger partial charge in [-0.2, -0.15) is 0 Å². The predicted octanol–water partition coefficient (Wildman–Crippen LogP) is 6.11. The molecule has 0 bridgehead atoms. The summed E-state index contributed by atoms with van der Waals surface area (Å²) in [5.41, 5.74) is 3.35. The van der Waals surface area contributed by atoms with Gasteiger partial charge in [-0.15, -0.1) is 6.58 Å². The molecule has 1 unspecified atom stereocenters. The van der Waals surface area contributed by atoms with Crippen molar-refractivity contribution >= 4 is 0 Å². The number of rotatable bonds is 11. The lowest BCUT2D eigenvalue weighted by Crippen LogP contribution is -2.59. The van der Waals surface area contributed by atoms with Gasteiger partial charge in [-0.1, -0.05) is 97.1 Å². The molecule has 0 amide bonds. The molecule has 1 heterocycles. The van der Waals surface area contributed by atoms with Crippen LogP contribution in [0.4, 0.5) is 0 Å². The van der Waals surface area contributed by atoms with Gasteiger partial charge < -0.3 is 18.9 Å². The molecule has 0 radical (unpaired) electrons. The Hall–Kier alpha value is -2.76. The summed E-state index contributed by atoms with van der Waals surface area (Å²) in [6, 6.07) is 30.6. The lowest BCUT2D eigenvalue weighted by Gasteiger charge is -2.45. The van der Waals surface area contributed by atoms with Crippen LogP contribution in [0.2, 0.25) is 0 Å². The molecule has 3 aromatic rings. The summed E-state index contributed by atoms with van der Waals surface area (Å²) in [5.74, 6) is 0. The van der Waals surface area contributed by atoms with Crippen molar-refractivity contribution in [1.82, 2.24) is 0 Å². The van der Waals surface area contributed by atoms with Gasteiger partial charge in [-0.25, -0.2) is 0 Å². The molecule has 0 saturated carbocycles. The maximum Gasteiger partial charge on any atom is 0.115 e. The monoisotopic (exact) mass is 458 g/mol. The molecule has 0 aromatic heterocycles. The molecule has 0 spiro atoms. The van der Waals surface area contributed by atoms with Crippen LogP contribution >= 0.6 is 0 Å². The molecular formula is C30H34O4. The molecule has 4 rings (SSSR count). The minimum atomic E-state index is -0.293. The van der Waals surface area contributed by atoms with E-state index in [1.54, 1.807) is 0 Å². The Morgan fingerprint density at radius 2 is 1.06 bits per heavy atom. The van der Waals surface area contributed by atoms with Crippen LogP contribution in [0.5, 0.6) is 0 Å². The highest BCUT2D eigenvalue weighted by Crippen LogP contribution is 2.31. The largest absolute Gasteiger partial charge is 0.369 e. The molecule has 0 aliphatic carbocycles. The normalized spacial score (nSPS) is 24.6. The Morgan fingerprint density at radius 1 is 0.647 bits per heavy atom. The summed E-state index contributed by atoms with van der Waals surface area (Å²) >= 11 is 0. The number of benzene rings is 3. The van der Waals surface area contributed by atoms with Crippen molar-refractivity contribution in [1.29, 1.82) is 0 Å². The molecule has 4 heteroatoms. The average molecular weight is 459 g/mol. The van der Waals surface area contributed by atoms with Crippen LogP contribution in [0.15, 0.2) is 104 Å². The molecule has 0 N–H and O–H groups in total. The van der Waals surface area contributed by atoms with Crippen LogP contribution in [0.3, 0.4) is 0 Å². The summed E-state index contributed by atoms with van der Waals surface area (Å²) in [5, 5.41) is 0. The first-order chi connectivity index (χ1) is 16.7. The molecule has 1 saturated heterocycles. The Bertz CT molecular complexity index is 976. The first-order valence-corrected chi connectivity index (χ1v) is 12.0. The van der Waals surface area contributed by atoms with Crippen LogP contribution in [-0.4, -0.2) is 30.5 Å². The number of hydrogen-bond acceptors (Lipinski definition) is 4. The molecule has 178 valence electrons. The van der Waals surface area contributed by atoms with Crippen molar-refractivity contribution in [3.05, 3.63) is 120 Å². The fraction of sp³-hybridized carbons (Fsp3) is 0.333. The molecule has 3 aromatic carbocycles. The van der Waals surface area contributed by atoms with E-state index in [1.807, 2.05) is 60.7 Å². The van der Waals surface area contributed by atoms with Crippen molar-refractivity contribution < 1.29 is 18.9 Å². The Kier molecular flexibility index (Phi) is 9.05. The summed E-state index contributed by atoms with van der Waals surface area (Å²) in [4.78, 5) is 0. The molecule has 1 aliphatic rings. The van der Waals surface area contributed by atoms with Gasteiger partial charge in [0.15, 0.2) is 0 Å². The zero-order chi connectivity index (χ0) is 23.6. The second-order valence-electron chi connectivity index (χ2n) is 8.69. The first-order valence-electron chi connectivity index (χ1n) is 12.0. The molecule has 5 atom stereocenters. The van der Waals surface area contributed by atoms with Gasteiger partial charge in [-0.3, -0.25) is 0 Å². The smallest absolute Gasteiger partial charge is 0.115 e. The topological polar surface area (TPSA) is 36.9 Å². The lowest BCUT2D eigenvalue weighted by molar-refractivity contribution is -0.260. The Labute approximate surface area is 203 Å². The van der Waals surface area contributed by atoms with Crippen LogP contribution in [0.25, 0.3) is 0 Å². The van der Waals surface area contributed by atoms with Gasteiger partial charge in [0, 0.05) is 0 Å². The van der Waals surface area contributed by atoms with Crippen LogP contribution in [-0.2, 0) is 38.8 Å². The lowest BCUT2D eigenvalue weighted by atomic mass is 9.93. The molecule has 4 nitrogen and oxygen atoms in total. The van der Waals surface area contributed by atoms with E-state index in [0.29, 0.717) is 26.2 Å².